The first-order chi connectivity index (χ1) is 10.0. The zero-order valence-electron chi connectivity index (χ0n) is 11.3. The molecule has 0 radical (unpaired) electrons. The summed E-state index contributed by atoms with van der Waals surface area (Å²) in [5.41, 5.74) is 11.4. The monoisotopic (exact) mass is 325 g/mol. The molecule has 2 aromatic rings. The summed E-state index contributed by atoms with van der Waals surface area (Å²) in [5, 5.41) is 5.56. The van der Waals surface area contributed by atoms with Gasteiger partial charge in [-0.05, 0) is 18.4 Å². The van der Waals surface area contributed by atoms with Crippen molar-refractivity contribution in [3.63, 3.8) is 0 Å². The number of nitrogens with two attached hydrogens (primary N) is 2. The number of rotatable bonds is 6. The van der Waals surface area contributed by atoms with Gasteiger partial charge in [0.15, 0.2) is 0 Å². The van der Waals surface area contributed by atoms with Gasteiger partial charge in [0.25, 0.3) is 5.91 Å². The number of hydrogen-bond donors (Lipinski definition) is 3. The molecule has 5 N–H and O–H groups in total. The Labute approximate surface area is 129 Å². The number of carbonyl (C=O) groups excluding carboxylic acids is 2. The standard InChI is InChI=1S/C13H15N3O3S2/c1-2-19-13(18)8-9(14)10(11(15)17)21-12(8)16-6-7-4-3-5-20-7/h3-5,16H,2,6,14H2,1H3,(H2,15,17). The molecule has 0 aromatic carbocycles. The molecule has 0 aliphatic heterocycles. The molecule has 0 bridgehead atoms. The van der Waals surface area contributed by atoms with Crippen LogP contribution in [-0.2, 0) is 11.3 Å². The van der Waals surface area contributed by atoms with Crippen molar-refractivity contribution in [1.82, 2.24) is 0 Å². The first-order valence-corrected chi connectivity index (χ1v) is 7.89. The van der Waals surface area contributed by atoms with Gasteiger partial charge in [-0.25, -0.2) is 4.79 Å². The predicted octanol–water partition coefficient (Wildman–Crippen LogP) is 2.28. The van der Waals surface area contributed by atoms with Crippen LogP contribution in [-0.4, -0.2) is 18.5 Å². The van der Waals surface area contributed by atoms with Crippen molar-refractivity contribution in [2.24, 2.45) is 5.73 Å². The van der Waals surface area contributed by atoms with Crippen molar-refractivity contribution >= 4 is 45.2 Å². The number of nitrogen functional groups attached to an aromatic ring is 1. The Hall–Kier alpha value is -2.06. The lowest BCUT2D eigenvalue weighted by Crippen LogP contribution is -2.13. The topological polar surface area (TPSA) is 107 Å². The molecule has 0 aliphatic carbocycles. The van der Waals surface area contributed by atoms with Crippen LogP contribution in [0.4, 0.5) is 10.7 Å². The van der Waals surface area contributed by atoms with Crippen LogP contribution in [0.15, 0.2) is 17.5 Å². The lowest BCUT2D eigenvalue weighted by molar-refractivity contribution is 0.0529. The van der Waals surface area contributed by atoms with E-state index < -0.39 is 11.9 Å². The molecule has 2 aromatic heterocycles. The minimum absolute atomic E-state index is 0.0691. The van der Waals surface area contributed by atoms with E-state index in [0.29, 0.717) is 11.5 Å². The van der Waals surface area contributed by atoms with Crippen molar-refractivity contribution in [1.29, 1.82) is 0 Å². The van der Waals surface area contributed by atoms with E-state index in [2.05, 4.69) is 5.32 Å². The SMILES string of the molecule is CCOC(=O)c1c(NCc2cccs2)sc(C(N)=O)c1N. The summed E-state index contributed by atoms with van der Waals surface area (Å²) < 4.78 is 4.98. The van der Waals surface area contributed by atoms with Gasteiger partial charge < -0.3 is 21.5 Å². The van der Waals surface area contributed by atoms with Crippen LogP contribution in [0.25, 0.3) is 0 Å². The number of nitrogens with one attached hydrogen (secondary N) is 1. The Balaban J connectivity index is 2.31. The molecule has 2 rings (SSSR count). The molecule has 0 atom stereocenters. The van der Waals surface area contributed by atoms with E-state index in [4.69, 9.17) is 16.2 Å². The molecule has 0 fully saturated rings. The average molecular weight is 325 g/mol. The van der Waals surface area contributed by atoms with Crippen LogP contribution in [0.3, 0.4) is 0 Å². The molecule has 6 nitrogen and oxygen atoms in total. The molecular formula is C13H15N3O3S2. The summed E-state index contributed by atoms with van der Waals surface area (Å²) in [6.07, 6.45) is 0. The maximum atomic E-state index is 12.0. The normalized spacial score (nSPS) is 10.3. The first-order valence-electron chi connectivity index (χ1n) is 6.20. The van der Waals surface area contributed by atoms with E-state index in [1.165, 1.54) is 0 Å². The van der Waals surface area contributed by atoms with Gasteiger partial charge in [0.2, 0.25) is 0 Å². The number of anilines is 2. The second kappa shape index (κ2) is 6.59. The van der Waals surface area contributed by atoms with Gasteiger partial charge in [0.05, 0.1) is 18.8 Å². The predicted molar refractivity (Wildman–Crippen MR) is 84.9 cm³/mol. The maximum absolute atomic E-state index is 12.0. The van der Waals surface area contributed by atoms with Crippen LogP contribution >= 0.6 is 22.7 Å². The summed E-state index contributed by atoms with van der Waals surface area (Å²) in [7, 11) is 0. The zero-order chi connectivity index (χ0) is 15.4. The zero-order valence-corrected chi connectivity index (χ0v) is 13.0. The van der Waals surface area contributed by atoms with Gasteiger partial charge in [-0.3, -0.25) is 4.79 Å². The van der Waals surface area contributed by atoms with Gasteiger partial charge >= 0.3 is 5.97 Å². The molecule has 1 amide bonds. The average Bonchev–Trinajstić information content (AvgIpc) is 3.04. The molecule has 0 unspecified atom stereocenters. The van der Waals surface area contributed by atoms with E-state index in [9.17, 15) is 9.59 Å². The quantitative estimate of drug-likeness (QED) is 0.706. The van der Waals surface area contributed by atoms with Gasteiger partial charge in [0.1, 0.15) is 15.4 Å². The van der Waals surface area contributed by atoms with Gasteiger partial charge in [0, 0.05) is 4.88 Å². The first kappa shape index (κ1) is 15.3. The third-order valence-corrected chi connectivity index (χ3v) is 4.71. The Kier molecular flexibility index (Phi) is 4.81. The molecule has 0 saturated heterocycles. The van der Waals surface area contributed by atoms with Crippen molar-refractivity contribution < 1.29 is 14.3 Å². The highest BCUT2D eigenvalue weighted by Gasteiger charge is 2.25. The van der Waals surface area contributed by atoms with E-state index >= 15 is 0 Å². The second-order valence-corrected chi connectivity index (χ2v) is 6.12. The number of ether oxygens (including phenoxy) is 1. The van der Waals surface area contributed by atoms with Gasteiger partial charge in [-0.1, -0.05) is 6.07 Å². The Morgan fingerprint density at radius 3 is 2.76 bits per heavy atom. The summed E-state index contributed by atoms with van der Waals surface area (Å²) in [4.78, 5) is 24.6. The fourth-order valence-corrected chi connectivity index (χ4v) is 3.34. The third-order valence-electron chi connectivity index (χ3n) is 2.65. The van der Waals surface area contributed by atoms with E-state index in [1.54, 1.807) is 18.3 Å². The Bertz CT molecular complexity index is 650. The number of primary amides is 1. The number of esters is 1. The molecule has 0 spiro atoms. The van der Waals surface area contributed by atoms with Crippen LogP contribution in [0.5, 0.6) is 0 Å². The lowest BCUT2D eigenvalue weighted by Gasteiger charge is -2.06. The molecule has 0 saturated carbocycles. The highest BCUT2D eigenvalue weighted by Crippen LogP contribution is 2.36. The Morgan fingerprint density at radius 2 is 2.19 bits per heavy atom. The van der Waals surface area contributed by atoms with Crippen LogP contribution in [0.1, 0.15) is 31.8 Å². The summed E-state index contributed by atoms with van der Waals surface area (Å²) in [6.45, 7) is 2.46. The minimum atomic E-state index is -0.660. The van der Waals surface area contributed by atoms with Crippen LogP contribution in [0, 0.1) is 0 Å². The number of carbonyl (C=O) groups is 2. The summed E-state index contributed by atoms with van der Waals surface area (Å²) >= 11 is 2.65. The molecular weight excluding hydrogens is 310 g/mol. The van der Waals surface area contributed by atoms with Crippen molar-refractivity contribution in [2.45, 2.75) is 13.5 Å². The summed E-state index contributed by atoms with van der Waals surface area (Å²) in [5.74, 6) is -1.22. The molecule has 8 heteroatoms. The Morgan fingerprint density at radius 1 is 1.43 bits per heavy atom. The number of thiophene rings is 2. The van der Waals surface area contributed by atoms with Gasteiger partial charge in [-0.15, -0.1) is 22.7 Å². The van der Waals surface area contributed by atoms with Crippen LogP contribution in [0.2, 0.25) is 0 Å². The maximum Gasteiger partial charge on any atom is 0.343 e. The number of hydrogen-bond acceptors (Lipinski definition) is 7. The molecule has 112 valence electrons. The van der Waals surface area contributed by atoms with E-state index in [-0.39, 0.29) is 22.7 Å². The van der Waals surface area contributed by atoms with Gasteiger partial charge in [-0.2, -0.15) is 0 Å². The fourth-order valence-electron chi connectivity index (χ4n) is 1.74. The smallest absolute Gasteiger partial charge is 0.343 e. The van der Waals surface area contributed by atoms with E-state index in [0.717, 1.165) is 16.2 Å². The molecule has 2 heterocycles. The lowest BCUT2D eigenvalue weighted by atomic mass is 10.2. The van der Waals surface area contributed by atoms with Crippen molar-refractivity contribution in [2.75, 3.05) is 17.7 Å². The third kappa shape index (κ3) is 3.34. The van der Waals surface area contributed by atoms with Crippen LogP contribution < -0.4 is 16.8 Å². The highest BCUT2D eigenvalue weighted by molar-refractivity contribution is 7.19. The second-order valence-electron chi connectivity index (χ2n) is 4.07. The largest absolute Gasteiger partial charge is 0.462 e. The minimum Gasteiger partial charge on any atom is -0.462 e. The highest BCUT2D eigenvalue weighted by atomic mass is 32.1. The summed E-state index contributed by atoms with van der Waals surface area (Å²) in [6, 6.07) is 3.90. The fraction of sp³-hybridized carbons (Fsp3) is 0.231. The van der Waals surface area contributed by atoms with Crippen molar-refractivity contribution in [3.05, 3.63) is 32.8 Å². The molecule has 21 heavy (non-hydrogen) atoms. The number of amides is 1. The van der Waals surface area contributed by atoms with E-state index in [1.807, 2.05) is 17.5 Å². The molecule has 0 aliphatic rings. The van der Waals surface area contributed by atoms with Crippen molar-refractivity contribution in [3.8, 4) is 0 Å².